The summed E-state index contributed by atoms with van der Waals surface area (Å²) in [6, 6.07) is 7.49. The van der Waals surface area contributed by atoms with E-state index in [-0.39, 0.29) is 12.5 Å². The molecule has 0 spiro atoms. The molecule has 0 aliphatic heterocycles. The zero-order valence-corrected chi connectivity index (χ0v) is 10.3. The summed E-state index contributed by atoms with van der Waals surface area (Å²) in [5.74, 6) is -0.142. The van der Waals surface area contributed by atoms with Gasteiger partial charge in [-0.3, -0.25) is 4.79 Å². The zero-order valence-electron chi connectivity index (χ0n) is 9.59. The van der Waals surface area contributed by atoms with Crippen LogP contribution in [-0.2, 0) is 4.79 Å². The highest BCUT2D eigenvalue weighted by Gasteiger charge is 2.01. The van der Waals surface area contributed by atoms with Crippen LogP contribution in [0.15, 0.2) is 18.2 Å². The Labute approximate surface area is 106 Å². The quantitative estimate of drug-likeness (QED) is 0.788. The van der Waals surface area contributed by atoms with Crippen molar-refractivity contribution in [2.24, 2.45) is 0 Å². The first-order chi connectivity index (χ1) is 8.13. The molecule has 0 aromatic heterocycles. The Kier molecular flexibility index (Phi) is 5.31. The largest absolute Gasteiger partial charge is 0.376 e. The van der Waals surface area contributed by atoms with Crippen molar-refractivity contribution in [2.75, 3.05) is 18.4 Å². The van der Waals surface area contributed by atoms with Crippen molar-refractivity contribution < 1.29 is 4.79 Å². The molecule has 0 radical (unpaired) electrons. The van der Waals surface area contributed by atoms with Gasteiger partial charge in [0.15, 0.2) is 0 Å². The number of rotatable bonds is 5. The molecule has 17 heavy (non-hydrogen) atoms. The molecule has 0 saturated heterocycles. The third kappa shape index (κ3) is 4.75. The van der Waals surface area contributed by atoms with Gasteiger partial charge in [0.1, 0.15) is 0 Å². The SMILES string of the molecule is Cc1ccc(NCC(=O)NCCC#N)cc1Cl. The van der Waals surface area contributed by atoms with Gasteiger partial charge in [-0.15, -0.1) is 0 Å². The summed E-state index contributed by atoms with van der Waals surface area (Å²) >= 11 is 5.95. The third-order valence-electron chi connectivity index (χ3n) is 2.18. The van der Waals surface area contributed by atoms with Crippen LogP contribution in [0.2, 0.25) is 5.02 Å². The van der Waals surface area contributed by atoms with Gasteiger partial charge in [0.05, 0.1) is 19.0 Å². The lowest BCUT2D eigenvalue weighted by atomic mass is 10.2. The minimum absolute atomic E-state index is 0.142. The highest BCUT2D eigenvalue weighted by atomic mass is 35.5. The van der Waals surface area contributed by atoms with Crippen LogP contribution in [0, 0.1) is 18.3 Å². The minimum Gasteiger partial charge on any atom is -0.376 e. The number of carbonyl (C=O) groups is 1. The van der Waals surface area contributed by atoms with Gasteiger partial charge in [-0.2, -0.15) is 5.26 Å². The molecule has 90 valence electrons. The monoisotopic (exact) mass is 251 g/mol. The molecule has 2 N–H and O–H groups in total. The van der Waals surface area contributed by atoms with E-state index in [0.717, 1.165) is 11.3 Å². The fraction of sp³-hybridized carbons (Fsp3) is 0.333. The van der Waals surface area contributed by atoms with Gasteiger partial charge >= 0.3 is 0 Å². The summed E-state index contributed by atoms with van der Waals surface area (Å²) in [5, 5.41) is 14.6. The van der Waals surface area contributed by atoms with Crippen LogP contribution in [0.1, 0.15) is 12.0 Å². The molecule has 1 amide bonds. The van der Waals surface area contributed by atoms with Crippen LogP contribution >= 0.6 is 11.6 Å². The molecule has 0 heterocycles. The van der Waals surface area contributed by atoms with Crippen LogP contribution in [0.25, 0.3) is 0 Å². The number of nitrogens with one attached hydrogen (secondary N) is 2. The van der Waals surface area contributed by atoms with Crippen molar-refractivity contribution in [1.82, 2.24) is 5.32 Å². The van der Waals surface area contributed by atoms with Gasteiger partial charge in [-0.05, 0) is 24.6 Å². The van der Waals surface area contributed by atoms with E-state index in [0.29, 0.717) is 18.0 Å². The summed E-state index contributed by atoms with van der Waals surface area (Å²) in [4.78, 5) is 11.3. The predicted octanol–water partition coefficient (Wildman–Crippen LogP) is 2.09. The van der Waals surface area contributed by atoms with E-state index in [1.807, 2.05) is 25.1 Å². The van der Waals surface area contributed by atoms with Gasteiger partial charge in [-0.1, -0.05) is 17.7 Å². The number of nitriles is 1. The summed E-state index contributed by atoms with van der Waals surface area (Å²) in [6.07, 6.45) is 0.322. The highest BCUT2D eigenvalue weighted by molar-refractivity contribution is 6.31. The van der Waals surface area contributed by atoms with Crippen molar-refractivity contribution in [3.8, 4) is 6.07 Å². The number of carbonyl (C=O) groups excluding carboxylic acids is 1. The Morgan fingerprint density at radius 3 is 2.94 bits per heavy atom. The smallest absolute Gasteiger partial charge is 0.239 e. The molecule has 0 saturated carbocycles. The van der Waals surface area contributed by atoms with Crippen LogP contribution in [0.3, 0.4) is 0 Å². The Balaban J connectivity index is 2.37. The second kappa shape index (κ2) is 6.77. The second-order valence-electron chi connectivity index (χ2n) is 3.58. The average molecular weight is 252 g/mol. The number of hydrogen-bond acceptors (Lipinski definition) is 3. The fourth-order valence-electron chi connectivity index (χ4n) is 1.21. The molecule has 1 aromatic carbocycles. The summed E-state index contributed by atoms with van der Waals surface area (Å²) < 4.78 is 0. The standard InChI is InChI=1S/C12H14ClN3O/c1-9-3-4-10(7-11(9)13)16-8-12(17)15-6-2-5-14/h3-4,7,16H,2,6,8H2,1H3,(H,15,17). The molecule has 0 bridgehead atoms. The topological polar surface area (TPSA) is 64.9 Å². The van der Waals surface area contributed by atoms with E-state index in [2.05, 4.69) is 10.6 Å². The number of benzene rings is 1. The molecule has 1 rings (SSSR count). The molecule has 0 atom stereocenters. The van der Waals surface area contributed by atoms with Crippen LogP contribution in [0.5, 0.6) is 0 Å². The van der Waals surface area contributed by atoms with Crippen molar-refractivity contribution in [2.45, 2.75) is 13.3 Å². The predicted molar refractivity (Wildman–Crippen MR) is 67.9 cm³/mol. The summed E-state index contributed by atoms with van der Waals surface area (Å²) in [7, 11) is 0. The number of halogens is 1. The molecule has 0 fully saturated rings. The van der Waals surface area contributed by atoms with Crippen molar-refractivity contribution in [3.63, 3.8) is 0 Å². The Bertz CT molecular complexity index is 440. The molecule has 0 unspecified atom stereocenters. The maximum Gasteiger partial charge on any atom is 0.239 e. The molecule has 4 nitrogen and oxygen atoms in total. The number of anilines is 1. The highest BCUT2D eigenvalue weighted by Crippen LogP contribution is 2.19. The average Bonchev–Trinajstić information content (AvgIpc) is 2.31. The van der Waals surface area contributed by atoms with Crippen molar-refractivity contribution >= 4 is 23.2 Å². The van der Waals surface area contributed by atoms with E-state index in [4.69, 9.17) is 16.9 Å². The number of amides is 1. The normalized spacial score (nSPS) is 9.47. The molecular formula is C12H14ClN3O. The summed E-state index contributed by atoms with van der Waals surface area (Å²) in [5.41, 5.74) is 1.80. The maximum absolute atomic E-state index is 11.3. The van der Waals surface area contributed by atoms with Gasteiger partial charge < -0.3 is 10.6 Å². The first-order valence-corrected chi connectivity index (χ1v) is 5.65. The first kappa shape index (κ1) is 13.3. The Hall–Kier alpha value is -1.73. The van der Waals surface area contributed by atoms with Crippen LogP contribution < -0.4 is 10.6 Å². The van der Waals surface area contributed by atoms with E-state index in [9.17, 15) is 4.79 Å². The zero-order chi connectivity index (χ0) is 12.7. The van der Waals surface area contributed by atoms with Crippen molar-refractivity contribution in [3.05, 3.63) is 28.8 Å². The van der Waals surface area contributed by atoms with Crippen LogP contribution in [-0.4, -0.2) is 19.0 Å². The maximum atomic E-state index is 11.3. The lowest BCUT2D eigenvalue weighted by Crippen LogP contribution is -2.30. The molecule has 0 aliphatic carbocycles. The van der Waals surface area contributed by atoms with Crippen LogP contribution in [0.4, 0.5) is 5.69 Å². The fourth-order valence-corrected chi connectivity index (χ4v) is 1.39. The Morgan fingerprint density at radius 2 is 2.29 bits per heavy atom. The summed E-state index contributed by atoms with van der Waals surface area (Å²) in [6.45, 7) is 2.47. The molecule has 5 heteroatoms. The van der Waals surface area contributed by atoms with Gasteiger partial charge in [0.2, 0.25) is 5.91 Å². The van der Waals surface area contributed by atoms with Gasteiger partial charge in [0, 0.05) is 17.3 Å². The molecule has 0 aliphatic rings. The number of nitrogens with zero attached hydrogens (tertiary/aromatic N) is 1. The van der Waals surface area contributed by atoms with E-state index < -0.39 is 0 Å². The Morgan fingerprint density at radius 1 is 1.53 bits per heavy atom. The molecular weight excluding hydrogens is 238 g/mol. The van der Waals surface area contributed by atoms with Gasteiger partial charge in [0.25, 0.3) is 0 Å². The van der Waals surface area contributed by atoms with Crippen molar-refractivity contribution in [1.29, 1.82) is 5.26 Å². The van der Waals surface area contributed by atoms with E-state index in [1.54, 1.807) is 6.07 Å². The third-order valence-corrected chi connectivity index (χ3v) is 2.59. The molecule has 1 aromatic rings. The number of hydrogen-bond donors (Lipinski definition) is 2. The number of aryl methyl sites for hydroxylation is 1. The second-order valence-corrected chi connectivity index (χ2v) is 3.98. The van der Waals surface area contributed by atoms with E-state index >= 15 is 0 Å². The van der Waals surface area contributed by atoms with Gasteiger partial charge in [-0.25, -0.2) is 0 Å². The lowest BCUT2D eigenvalue weighted by molar-refractivity contribution is -0.119. The van der Waals surface area contributed by atoms with E-state index in [1.165, 1.54) is 0 Å². The first-order valence-electron chi connectivity index (χ1n) is 5.27. The lowest BCUT2D eigenvalue weighted by Gasteiger charge is -2.07. The minimum atomic E-state index is -0.142.